The van der Waals surface area contributed by atoms with E-state index < -0.39 is 5.54 Å². The van der Waals surface area contributed by atoms with Gasteiger partial charge in [-0.25, -0.2) is 0 Å². The zero-order valence-electron chi connectivity index (χ0n) is 9.76. The van der Waals surface area contributed by atoms with Crippen molar-refractivity contribution >= 4 is 11.3 Å². The van der Waals surface area contributed by atoms with E-state index in [2.05, 4.69) is 21.7 Å². The van der Waals surface area contributed by atoms with Crippen LogP contribution < -0.4 is 5.32 Å². The molecule has 2 heterocycles. The molecule has 2 N–H and O–H groups in total. The first-order chi connectivity index (χ1) is 8.24. The Morgan fingerprint density at radius 3 is 2.71 bits per heavy atom. The van der Waals surface area contributed by atoms with Crippen LogP contribution in [0.2, 0.25) is 0 Å². The number of hydrogen-bond donors (Lipinski definition) is 2. The molecular formula is C13H16N2OS. The van der Waals surface area contributed by atoms with Gasteiger partial charge in [0.15, 0.2) is 0 Å². The maximum absolute atomic E-state index is 9.59. The summed E-state index contributed by atoms with van der Waals surface area (Å²) < 4.78 is 0. The standard InChI is InChI=1S/C13H16N2OS/c1-13(10-16,11-4-6-14-7-5-11)15-9-12-3-2-8-17-12/h2-8,15-16H,9-10H2,1H3. The van der Waals surface area contributed by atoms with Crippen LogP contribution in [0.25, 0.3) is 0 Å². The van der Waals surface area contributed by atoms with Gasteiger partial charge in [0.1, 0.15) is 0 Å². The van der Waals surface area contributed by atoms with Gasteiger partial charge in [-0.2, -0.15) is 0 Å². The molecule has 0 amide bonds. The summed E-state index contributed by atoms with van der Waals surface area (Å²) >= 11 is 1.71. The van der Waals surface area contributed by atoms with E-state index in [0.29, 0.717) is 0 Å². The predicted octanol–water partition coefficient (Wildman–Crippen LogP) is 2.14. The Kier molecular flexibility index (Phi) is 3.89. The van der Waals surface area contributed by atoms with Crippen molar-refractivity contribution in [3.8, 4) is 0 Å². The molecule has 0 radical (unpaired) electrons. The minimum Gasteiger partial charge on any atom is -0.394 e. The number of thiophene rings is 1. The van der Waals surface area contributed by atoms with Crippen LogP contribution in [0.3, 0.4) is 0 Å². The Hall–Kier alpha value is -1.23. The molecule has 2 aromatic heterocycles. The van der Waals surface area contributed by atoms with Gasteiger partial charge in [0, 0.05) is 23.8 Å². The van der Waals surface area contributed by atoms with Gasteiger partial charge in [-0.05, 0) is 36.1 Å². The first-order valence-electron chi connectivity index (χ1n) is 5.53. The minimum absolute atomic E-state index is 0.0579. The molecule has 0 aliphatic carbocycles. The lowest BCUT2D eigenvalue weighted by atomic mass is 9.94. The molecule has 90 valence electrons. The van der Waals surface area contributed by atoms with E-state index in [4.69, 9.17) is 0 Å². The van der Waals surface area contributed by atoms with Crippen molar-refractivity contribution in [1.82, 2.24) is 10.3 Å². The van der Waals surface area contributed by atoms with Crippen LogP contribution in [0.15, 0.2) is 42.0 Å². The maximum Gasteiger partial charge on any atom is 0.0652 e. The number of aliphatic hydroxyl groups is 1. The third-order valence-corrected chi connectivity index (χ3v) is 3.74. The highest BCUT2D eigenvalue weighted by atomic mass is 32.1. The van der Waals surface area contributed by atoms with Crippen LogP contribution in [-0.2, 0) is 12.1 Å². The number of pyridine rings is 1. The molecule has 0 aliphatic heterocycles. The lowest BCUT2D eigenvalue weighted by Gasteiger charge is -2.29. The number of aromatic nitrogens is 1. The Morgan fingerprint density at radius 1 is 1.35 bits per heavy atom. The van der Waals surface area contributed by atoms with Gasteiger partial charge in [0.2, 0.25) is 0 Å². The average molecular weight is 248 g/mol. The fourth-order valence-electron chi connectivity index (χ4n) is 1.66. The summed E-state index contributed by atoms with van der Waals surface area (Å²) in [5.74, 6) is 0. The lowest BCUT2D eigenvalue weighted by Crippen LogP contribution is -2.42. The van der Waals surface area contributed by atoms with E-state index in [1.165, 1.54) is 4.88 Å². The summed E-state index contributed by atoms with van der Waals surface area (Å²) in [6.07, 6.45) is 3.49. The largest absolute Gasteiger partial charge is 0.394 e. The quantitative estimate of drug-likeness (QED) is 0.852. The third kappa shape index (κ3) is 2.91. The molecule has 0 aliphatic rings. The van der Waals surface area contributed by atoms with E-state index in [0.717, 1.165) is 12.1 Å². The lowest BCUT2D eigenvalue weighted by molar-refractivity contribution is 0.174. The Labute approximate surface area is 105 Å². The molecule has 4 heteroatoms. The summed E-state index contributed by atoms with van der Waals surface area (Å²) in [7, 11) is 0. The van der Waals surface area contributed by atoms with E-state index in [1.807, 2.05) is 25.1 Å². The van der Waals surface area contributed by atoms with Gasteiger partial charge in [-0.15, -0.1) is 11.3 Å². The number of hydrogen-bond acceptors (Lipinski definition) is 4. The summed E-state index contributed by atoms with van der Waals surface area (Å²) in [5.41, 5.74) is 0.624. The zero-order chi connectivity index (χ0) is 12.1. The predicted molar refractivity (Wildman–Crippen MR) is 69.8 cm³/mol. The van der Waals surface area contributed by atoms with E-state index in [1.54, 1.807) is 23.7 Å². The van der Waals surface area contributed by atoms with Crippen molar-refractivity contribution in [2.24, 2.45) is 0 Å². The summed E-state index contributed by atoms with van der Waals surface area (Å²) in [4.78, 5) is 5.26. The highest BCUT2D eigenvalue weighted by molar-refractivity contribution is 7.09. The molecule has 1 atom stereocenters. The molecular weight excluding hydrogens is 232 g/mol. The topological polar surface area (TPSA) is 45.1 Å². The number of nitrogens with one attached hydrogen (secondary N) is 1. The summed E-state index contributed by atoms with van der Waals surface area (Å²) in [6.45, 7) is 2.81. The van der Waals surface area contributed by atoms with Gasteiger partial charge in [0.25, 0.3) is 0 Å². The van der Waals surface area contributed by atoms with Crippen molar-refractivity contribution in [2.45, 2.75) is 19.0 Å². The second-order valence-electron chi connectivity index (χ2n) is 4.16. The van der Waals surface area contributed by atoms with Crippen LogP contribution in [0.5, 0.6) is 0 Å². The van der Waals surface area contributed by atoms with Gasteiger partial charge in [-0.1, -0.05) is 6.07 Å². The van der Waals surface area contributed by atoms with Crippen molar-refractivity contribution < 1.29 is 5.11 Å². The van der Waals surface area contributed by atoms with Crippen LogP contribution in [-0.4, -0.2) is 16.7 Å². The van der Waals surface area contributed by atoms with Crippen molar-refractivity contribution in [2.75, 3.05) is 6.61 Å². The average Bonchev–Trinajstić information content (AvgIpc) is 2.90. The molecule has 0 fully saturated rings. The molecule has 1 unspecified atom stereocenters. The highest BCUT2D eigenvalue weighted by Gasteiger charge is 2.24. The fraction of sp³-hybridized carbons (Fsp3) is 0.308. The Morgan fingerprint density at radius 2 is 2.12 bits per heavy atom. The normalized spacial score (nSPS) is 14.5. The monoisotopic (exact) mass is 248 g/mol. The molecule has 0 spiro atoms. The van der Waals surface area contributed by atoms with Gasteiger partial charge in [0.05, 0.1) is 12.1 Å². The van der Waals surface area contributed by atoms with Crippen LogP contribution in [0.4, 0.5) is 0 Å². The van der Waals surface area contributed by atoms with Gasteiger partial charge in [-0.3, -0.25) is 4.98 Å². The molecule has 0 aromatic carbocycles. The second-order valence-corrected chi connectivity index (χ2v) is 5.19. The minimum atomic E-state index is -0.424. The SMILES string of the molecule is CC(CO)(NCc1cccs1)c1ccncc1. The van der Waals surface area contributed by atoms with Crippen molar-refractivity contribution in [3.05, 3.63) is 52.5 Å². The third-order valence-electron chi connectivity index (χ3n) is 2.87. The second kappa shape index (κ2) is 5.40. The molecule has 2 aromatic rings. The van der Waals surface area contributed by atoms with Crippen molar-refractivity contribution in [3.63, 3.8) is 0 Å². The Bertz CT molecular complexity index is 444. The van der Waals surface area contributed by atoms with E-state index in [-0.39, 0.29) is 6.61 Å². The molecule has 2 rings (SSSR count). The van der Waals surface area contributed by atoms with Crippen molar-refractivity contribution in [1.29, 1.82) is 0 Å². The van der Waals surface area contributed by atoms with Gasteiger partial charge >= 0.3 is 0 Å². The summed E-state index contributed by atoms with van der Waals surface area (Å²) in [5, 5.41) is 15.0. The molecule has 0 saturated heterocycles. The molecule has 0 saturated carbocycles. The number of aliphatic hydroxyl groups excluding tert-OH is 1. The number of rotatable bonds is 5. The smallest absolute Gasteiger partial charge is 0.0652 e. The molecule has 3 nitrogen and oxygen atoms in total. The zero-order valence-corrected chi connectivity index (χ0v) is 10.6. The van der Waals surface area contributed by atoms with E-state index >= 15 is 0 Å². The van der Waals surface area contributed by atoms with Crippen LogP contribution in [0.1, 0.15) is 17.4 Å². The van der Waals surface area contributed by atoms with E-state index in [9.17, 15) is 5.11 Å². The summed E-state index contributed by atoms with van der Waals surface area (Å²) in [6, 6.07) is 7.97. The molecule has 0 bridgehead atoms. The fourth-order valence-corrected chi connectivity index (χ4v) is 2.31. The number of nitrogens with zero attached hydrogens (tertiary/aromatic N) is 1. The van der Waals surface area contributed by atoms with Crippen LogP contribution >= 0.6 is 11.3 Å². The first kappa shape index (κ1) is 12.2. The van der Waals surface area contributed by atoms with Crippen LogP contribution in [0, 0.1) is 0 Å². The first-order valence-corrected chi connectivity index (χ1v) is 6.41. The maximum atomic E-state index is 9.59. The van der Waals surface area contributed by atoms with Gasteiger partial charge < -0.3 is 10.4 Å². The molecule has 17 heavy (non-hydrogen) atoms. The highest BCUT2D eigenvalue weighted by Crippen LogP contribution is 2.20. The Balaban J connectivity index is 2.09.